The maximum absolute atomic E-state index is 5.94. The number of thiophene rings is 1. The Morgan fingerprint density at radius 2 is 2.40 bits per heavy atom. The monoisotopic (exact) mass is 225 g/mol. The van der Waals surface area contributed by atoms with Crippen molar-refractivity contribution in [3.63, 3.8) is 0 Å². The summed E-state index contributed by atoms with van der Waals surface area (Å²) in [5, 5.41) is 5.44. The largest absolute Gasteiger partial charge is 0.372 e. The van der Waals surface area contributed by atoms with Gasteiger partial charge in [-0.2, -0.15) is 0 Å². The first-order chi connectivity index (χ1) is 7.14. The molecule has 1 saturated carbocycles. The molecule has 2 nitrogen and oxygen atoms in total. The minimum absolute atomic E-state index is 0.270. The molecule has 2 rings (SSSR count). The first kappa shape index (κ1) is 11.1. The lowest BCUT2D eigenvalue weighted by atomic mass is 9.64. The number of ether oxygens (including phenoxy) is 1. The van der Waals surface area contributed by atoms with Gasteiger partial charge in [-0.1, -0.05) is 19.9 Å². The molecule has 0 spiro atoms. The van der Waals surface area contributed by atoms with E-state index in [0.29, 0.717) is 12.1 Å². The summed E-state index contributed by atoms with van der Waals surface area (Å²) in [6, 6.07) is 4.81. The van der Waals surface area contributed by atoms with Gasteiger partial charge in [0.2, 0.25) is 0 Å². The molecule has 0 saturated heterocycles. The van der Waals surface area contributed by atoms with Crippen LogP contribution in [0.4, 0.5) is 0 Å². The molecule has 1 aliphatic rings. The highest BCUT2D eigenvalue weighted by atomic mass is 32.1. The van der Waals surface area contributed by atoms with Crippen molar-refractivity contribution < 1.29 is 4.74 Å². The van der Waals surface area contributed by atoms with E-state index in [0.717, 1.165) is 13.0 Å². The topological polar surface area (TPSA) is 21.3 Å². The van der Waals surface area contributed by atoms with Gasteiger partial charge >= 0.3 is 0 Å². The summed E-state index contributed by atoms with van der Waals surface area (Å²) < 4.78 is 5.94. The van der Waals surface area contributed by atoms with Crippen LogP contribution in [0.3, 0.4) is 0 Å². The van der Waals surface area contributed by atoms with Crippen LogP contribution < -0.4 is 5.32 Å². The van der Waals surface area contributed by atoms with Crippen molar-refractivity contribution >= 4 is 11.3 Å². The molecule has 0 radical (unpaired) electrons. The Kier molecular flexibility index (Phi) is 3.14. The van der Waals surface area contributed by atoms with E-state index >= 15 is 0 Å². The normalized spacial score (nSPS) is 28.7. The first-order valence-corrected chi connectivity index (χ1v) is 6.34. The third-order valence-electron chi connectivity index (χ3n) is 3.53. The van der Waals surface area contributed by atoms with Gasteiger partial charge in [0.05, 0.1) is 12.7 Å². The predicted molar refractivity (Wildman–Crippen MR) is 64.1 cm³/mol. The van der Waals surface area contributed by atoms with Crippen molar-refractivity contribution in [2.75, 3.05) is 7.05 Å². The van der Waals surface area contributed by atoms with Gasteiger partial charge in [0.1, 0.15) is 0 Å². The minimum atomic E-state index is 0.270. The second kappa shape index (κ2) is 4.24. The molecule has 0 aliphatic heterocycles. The lowest BCUT2D eigenvalue weighted by molar-refractivity contribution is -0.122. The highest BCUT2D eigenvalue weighted by Crippen LogP contribution is 2.42. The van der Waals surface area contributed by atoms with E-state index in [1.165, 1.54) is 4.88 Å². The summed E-state index contributed by atoms with van der Waals surface area (Å²) in [5.41, 5.74) is 0.270. The molecule has 1 fully saturated rings. The first-order valence-electron chi connectivity index (χ1n) is 5.46. The highest BCUT2D eigenvalue weighted by molar-refractivity contribution is 7.09. The fourth-order valence-electron chi connectivity index (χ4n) is 2.24. The fraction of sp³-hybridized carbons (Fsp3) is 0.667. The summed E-state index contributed by atoms with van der Waals surface area (Å²) in [7, 11) is 2.03. The Labute approximate surface area is 95.6 Å². The average Bonchev–Trinajstić information content (AvgIpc) is 2.69. The Balaban J connectivity index is 1.83. The molecular weight excluding hydrogens is 206 g/mol. The van der Waals surface area contributed by atoms with Gasteiger partial charge < -0.3 is 10.1 Å². The molecule has 3 heteroatoms. The number of hydrogen-bond donors (Lipinski definition) is 1. The molecule has 1 aliphatic carbocycles. The molecule has 1 aromatic heterocycles. The van der Waals surface area contributed by atoms with E-state index in [2.05, 4.69) is 36.7 Å². The standard InChI is InChI=1S/C12H19NOS/c1-12(2)10(13-3)7-11(12)14-8-9-5-4-6-15-9/h4-6,10-11,13H,7-8H2,1-3H3. The molecule has 2 unspecified atom stereocenters. The maximum atomic E-state index is 5.94. The van der Waals surface area contributed by atoms with Crippen LogP contribution in [-0.2, 0) is 11.3 Å². The van der Waals surface area contributed by atoms with Crippen LogP contribution in [0, 0.1) is 5.41 Å². The maximum Gasteiger partial charge on any atom is 0.0813 e. The van der Waals surface area contributed by atoms with Crippen LogP contribution >= 0.6 is 11.3 Å². The predicted octanol–water partition coefficient (Wildman–Crippen LogP) is 2.65. The van der Waals surface area contributed by atoms with E-state index in [4.69, 9.17) is 4.74 Å². The second-order valence-electron chi connectivity index (χ2n) is 4.78. The SMILES string of the molecule is CNC1CC(OCc2cccs2)C1(C)C. The Morgan fingerprint density at radius 1 is 1.60 bits per heavy atom. The smallest absolute Gasteiger partial charge is 0.0813 e. The Morgan fingerprint density at radius 3 is 2.93 bits per heavy atom. The Hall–Kier alpha value is -0.380. The lowest BCUT2D eigenvalue weighted by Gasteiger charge is -2.51. The third-order valence-corrected chi connectivity index (χ3v) is 4.38. The summed E-state index contributed by atoms with van der Waals surface area (Å²) in [4.78, 5) is 1.32. The Bertz CT molecular complexity index is 307. The van der Waals surface area contributed by atoms with Gasteiger partial charge in [0, 0.05) is 16.3 Å². The summed E-state index contributed by atoms with van der Waals surface area (Å²) in [6.07, 6.45) is 1.53. The van der Waals surface area contributed by atoms with Crippen LogP contribution in [-0.4, -0.2) is 19.2 Å². The van der Waals surface area contributed by atoms with E-state index in [9.17, 15) is 0 Å². The zero-order valence-electron chi connectivity index (χ0n) is 9.62. The highest BCUT2D eigenvalue weighted by Gasteiger charge is 2.48. The molecule has 1 N–H and O–H groups in total. The van der Waals surface area contributed by atoms with E-state index < -0.39 is 0 Å². The summed E-state index contributed by atoms with van der Waals surface area (Å²) in [5.74, 6) is 0. The average molecular weight is 225 g/mol. The zero-order valence-corrected chi connectivity index (χ0v) is 10.4. The third kappa shape index (κ3) is 2.10. The van der Waals surface area contributed by atoms with Crippen molar-refractivity contribution in [3.8, 4) is 0 Å². The molecule has 1 aromatic rings. The van der Waals surface area contributed by atoms with Gasteiger partial charge in [-0.15, -0.1) is 11.3 Å². The van der Waals surface area contributed by atoms with Crippen molar-refractivity contribution in [2.45, 2.75) is 39.0 Å². The zero-order chi connectivity index (χ0) is 10.9. The number of hydrogen-bond acceptors (Lipinski definition) is 3. The van der Waals surface area contributed by atoms with Crippen molar-refractivity contribution in [3.05, 3.63) is 22.4 Å². The van der Waals surface area contributed by atoms with Crippen molar-refractivity contribution in [1.82, 2.24) is 5.32 Å². The van der Waals surface area contributed by atoms with Crippen LogP contribution in [0.25, 0.3) is 0 Å². The molecule has 0 bridgehead atoms. The van der Waals surface area contributed by atoms with Gasteiger partial charge in [-0.25, -0.2) is 0 Å². The lowest BCUT2D eigenvalue weighted by Crippen LogP contribution is -2.59. The summed E-state index contributed by atoms with van der Waals surface area (Å²) in [6.45, 7) is 5.32. The van der Waals surface area contributed by atoms with Gasteiger partial charge in [-0.3, -0.25) is 0 Å². The molecule has 0 aromatic carbocycles. The van der Waals surface area contributed by atoms with Crippen LogP contribution in [0.15, 0.2) is 17.5 Å². The van der Waals surface area contributed by atoms with E-state index in [-0.39, 0.29) is 5.41 Å². The molecule has 84 valence electrons. The van der Waals surface area contributed by atoms with Crippen LogP contribution in [0.2, 0.25) is 0 Å². The molecule has 2 atom stereocenters. The van der Waals surface area contributed by atoms with E-state index in [1.807, 2.05) is 7.05 Å². The molecule has 0 amide bonds. The van der Waals surface area contributed by atoms with Crippen molar-refractivity contribution in [2.24, 2.45) is 5.41 Å². The van der Waals surface area contributed by atoms with Crippen LogP contribution in [0.1, 0.15) is 25.1 Å². The van der Waals surface area contributed by atoms with Gasteiger partial charge in [0.25, 0.3) is 0 Å². The fourth-order valence-corrected chi connectivity index (χ4v) is 2.86. The van der Waals surface area contributed by atoms with Gasteiger partial charge in [0.15, 0.2) is 0 Å². The second-order valence-corrected chi connectivity index (χ2v) is 5.81. The molecular formula is C12H19NOS. The summed E-state index contributed by atoms with van der Waals surface area (Å²) >= 11 is 1.77. The van der Waals surface area contributed by atoms with E-state index in [1.54, 1.807) is 11.3 Å². The molecule has 15 heavy (non-hydrogen) atoms. The quantitative estimate of drug-likeness (QED) is 0.850. The van der Waals surface area contributed by atoms with Gasteiger partial charge in [-0.05, 0) is 24.9 Å². The van der Waals surface area contributed by atoms with Crippen molar-refractivity contribution in [1.29, 1.82) is 0 Å². The minimum Gasteiger partial charge on any atom is -0.372 e. The number of rotatable bonds is 4. The number of nitrogens with one attached hydrogen (secondary N) is 1. The molecule has 1 heterocycles. The van der Waals surface area contributed by atoms with Crippen LogP contribution in [0.5, 0.6) is 0 Å².